The molecule has 0 aliphatic heterocycles. The number of hydrogen-bond acceptors (Lipinski definition) is 2. The number of nitrogens with zero attached hydrogens (tertiary/aromatic N) is 1. The molecular weight excluding hydrogens is 192 g/mol. The van der Waals surface area contributed by atoms with Crippen molar-refractivity contribution in [2.24, 2.45) is 5.73 Å². The summed E-state index contributed by atoms with van der Waals surface area (Å²) < 4.78 is 0.433. The van der Waals surface area contributed by atoms with Gasteiger partial charge in [0.05, 0.1) is 16.2 Å². The van der Waals surface area contributed by atoms with E-state index in [1.165, 1.54) is 12.2 Å². The third kappa shape index (κ3) is 3.93. The number of allylic oxidation sites excluding steroid dienone is 4. The van der Waals surface area contributed by atoms with E-state index in [1.807, 2.05) is 6.07 Å². The zero-order chi connectivity index (χ0) is 7.98. The van der Waals surface area contributed by atoms with Crippen LogP contribution in [0.2, 0.25) is 0 Å². The van der Waals surface area contributed by atoms with Crippen LogP contribution in [0.3, 0.4) is 0 Å². The zero-order valence-corrected chi connectivity index (χ0v) is 6.93. The van der Waals surface area contributed by atoms with Gasteiger partial charge in [0.2, 0.25) is 0 Å². The van der Waals surface area contributed by atoms with Crippen LogP contribution in [-0.4, -0.2) is 0 Å². The van der Waals surface area contributed by atoms with Crippen LogP contribution in [-0.2, 0) is 0 Å². The van der Waals surface area contributed by atoms with Gasteiger partial charge < -0.3 is 5.73 Å². The number of halogens is 1. The number of nitriles is 1. The first-order valence-electron chi connectivity index (χ1n) is 2.56. The van der Waals surface area contributed by atoms with E-state index in [1.54, 1.807) is 6.08 Å². The SMILES string of the molecule is C=C/C=C(C#N)\C=C(/N)Br. The van der Waals surface area contributed by atoms with E-state index in [-0.39, 0.29) is 0 Å². The van der Waals surface area contributed by atoms with Gasteiger partial charge in [-0.3, -0.25) is 0 Å². The second-order valence-corrected chi connectivity index (χ2v) is 2.41. The maximum atomic E-state index is 8.42. The molecule has 2 nitrogen and oxygen atoms in total. The van der Waals surface area contributed by atoms with Crippen molar-refractivity contribution < 1.29 is 0 Å². The fourth-order valence-corrected chi connectivity index (χ4v) is 0.640. The second kappa shape index (κ2) is 4.83. The Morgan fingerprint density at radius 3 is 2.60 bits per heavy atom. The molecule has 0 rings (SSSR count). The quantitative estimate of drug-likeness (QED) is 0.419. The van der Waals surface area contributed by atoms with Crippen molar-refractivity contribution in [2.45, 2.75) is 0 Å². The minimum atomic E-state index is 0.433. The van der Waals surface area contributed by atoms with Crippen LogP contribution in [0.5, 0.6) is 0 Å². The molecule has 0 aliphatic rings. The summed E-state index contributed by atoms with van der Waals surface area (Å²) in [5.74, 6) is 0. The van der Waals surface area contributed by atoms with E-state index in [9.17, 15) is 0 Å². The van der Waals surface area contributed by atoms with Crippen molar-refractivity contribution in [1.29, 1.82) is 5.26 Å². The maximum absolute atomic E-state index is 8.42. The highest BCUT2D eigenvalue weighted by molar-refractivity contribution is 9.11. The van der Waals surface area contributed by atoms with Gasteiger partial charge in [0.15, 0.2) is 0 Å². The standard InChI is InChI=1S/C7H7BrN2/c1-2-3-6(5-9)4-7(8)10/h2-4H,1,10H2/b6-3+,7-4-. The van der Waals surface area contributed by atoms with Crippen molar-refractivity contribution in [3.05, 3.63) is 35.0 Å². The lowest BCUT2D eigenvalue weighted by Gasteiger charge is -1.85. The van der Waals surface area contributed by atoms with Crippen LogP contribution in [0.25, 0.3) is 0 Å². The molecule has 0 radical (unpaired) electrons. The van der Waals surface area contributed by atoms with E-state index in [2.05, 4.69) is 22.5 Å². The Morgan fingerprint density at radius 1 is 1.70 bits per heavy atom. The van der Waals surface area contributed by atoms with Gasteiger partial charge in [-0.15, -0.1) is 0 Å². The fraction of sp³-hybridized carbons (Fsp3) is 0. The molecule has 0 spiro atoms. The van der Waals surface area contributed by atoms with Crippen LogP contribution in [0.1, 0.15) is 0 Å². The minimum absolute atomic E-state index is 0.433. The van der Waals surface area contributed by atoms with Gasteiger partial charge in [0.1, 0.15) is 0 Å². The molecule has 0 amide bonds. The van der Waals surface area contributed by atoms with E-state index in [0.29, 0.717) is 10.2 Å². The van der Waals surface area contributed by atoms with Gasteiger partial charge in [-0.2, -0.15) is 5.26 Å². The summed E-state index contributed by atoms with van der Waals surface area (Å²) in [6, 6.07) is 1.94. The molecule has 0 saturated heterocycles. The summed E-state index contributed by atoms with van der Waals surface area (Å²) >= 11 is 3.00. The first-order valence-corrected chi connectivity index (χ1v) is 3.35. The lowest BCUT2D eigenvalue weighted by atomic mass is 10.3. The largest absolute Gasteiger partial charge is 0.393 e. The van der Waals surface area contributed by atoms with Crippen LogP contribution in [0, 0.1) is 11.3 Å². The van der Waals surface area contributed by atoms with Gasteiger partial charge in [-0.25, -0.2) is 0 Å². The van der Waals surface area contributed by atoms with Gasteiger partial charge in [0, 0.05) is 0 Å². The topological polar surface area (TPSA) is 49.8 Å². The molecule has 10 heavy (non-hydrogen) atoms. The first-order chi connectivity index (χ1) is 4.70. The second-order valence-electron chi connectivity index (χ2n) is 1.50. The normalized spacial score (nSPS) is 12.4. The predicted molar refractivity (Wildman–Crippen MR) is 45.1 cm³/mol. The molecule has 0 fully saturated rings. The van der Waals surface area contributed by atoms with Crippen molar-refractivity contribution in [1.82, 2.24) is 0 Å². The molecule has 0 unspecified atom stereocenters. The Bertz CT molecular complexity index is 216. The first kappa shape index (κ1) is 8.99. The van der Waals surface area contributed by atoms with Crippen molar-refractivity contribution in [2.75, 3.05) is 0 Å². The predicted octanol–water partition coefficient (Wildman–Crippen LogP) is 1.82. The number of rotatable bonds is 2. The molecule has 2 N–H and O–H groups in total. The molecule has 0 heterocycles. The molecule has 0 bridgehead atoms. The summed E-state index contributed by atoms with van der Waals surface area (Å²) in [6.07, 6.45) is 4.63. The van der Waals surface area contributed by atoms with E-state index < -0.39 is 0 Å². The third-order valence-electron chi connectivity index (χ3n) is 0.720. The molecular formula is C7H7BrN2. The van der Waals surface area contributed by atoms with Crippen LogP contribution < -0.4 is 5.73 Å². The summed E-state index contributed by atoms with van der Waals surface area (Å²) in [6.45, 7) is 3.44. The van der Waals surface area contributed by atoms with Crippen LogP contribution >= 0.6 is 15.9 Å². The molecule has 0 aromatic heterocycles. The molecule has 0 aromatic rings. The average molecular weight is 199 g/mol. The van der Waals surface area contributed by atoms with Crippen LogP contribution in [0.4, 0.5) is 0 Å². The maximum Gasteiger partial charge on any atom is 0.0992 e. The Hall–Kier alpha value is -1.01. The smallest absolute Gasteiger partial charge is 0.0992 e. The van der Waals surface area contributed by atoms with Crippen molar-refractivity contribution >= 4 is 15.9 Å². The van der Waals surface area contributed by atoms with Gasteiger partial charge in [0.25, 0.3) is 0 Å². The fourth-order valence-electron chi connectivity index (χ4n) is 0.393. The van der Waals surface area contributed by atoms with Crippen molar-refractivity contribution in [3.8, 4) is 6.07 Å². The summed E-state index contributed by atoms with van der Waals surface area (Å²) in [5, 5.41) is 8.42. The lowest BCUT2D eigenvalue weighted by molar-refractivity contribution is 1.47. The summed E-state index contributed by atoms with van der Waals surface area (Å²) in [4.78, 5) is 0. The molecule has 0 aromatic carbocycles. The minimum Gasteiger partial charge on any atom is -0.393 e. The Morgan fingerprint density at radius 2 is 2.30 bits per heavy atom. The van der Waals surface area contributed by atoms with E-state index >= 15 is 0 Å². The average Bonchev–Trinajstić information content (AvgIpc) is 1.86. The highest BCUT2D eigenvalue weighted by atomic mass is 79.9. The Balaban J connectivity index is 4.42. The Labute approximate surface area is 68.5 Å². The lowest BCUT2D eigenvalue weighted by Crippen LogP contribution is -1.86. The highest BCUT2D eigenvalue weighted by Crippen LogP contribution is 2.02. The highest BCUT2D eigenvalue weighted by Gasteiger charge is 1.86. The van der Waals surface area contributed by atoms with E-state index in [0.717, 1.165) is 0 Å². The summed E-state index contributed by atoms with van der Waals surface area (Å²) in [7, 11) is 0. The Kier molecular flexibility index (Phi) is 4.34. The summed E-state index contributed by atoms with van der Waals surface area (Å²) in [5.41, 5.74) is 5.73. The van der Waals surface area contributed by atoms with Gasteiger partial charge in [-0.05, 0) is 28.1 Å². The van der Waals surface area contributed by atoms with Gasteiger partial charge in [-0.1, -0.05) is 12.7 Å². The molecule has 3 heteroatoms. The van der Waals surface area contributed by atoms with Gasteiger partial charge >= 0.3 is 0 Å². The molecule has 0 atom stereocenters. The van der Waals surface area contributed by atoms with Crippen LogP contribution in [0.15, 0.2) is 35.0 Å². The third-order valence-corrected chi connectivity index (χ3v) is 0.949. The molecule has 0 saturated carbocycles. The number of nitrogens with two attached hydrogens (primary N) is 1. The van der Waals surface area contributed by atoms with E-state index in [4.69, 9.17) is 11.0 Å². The molecule has 52 valence electrons. The monoisotopic (exact) mass is 198 g/mol. The number of hydrogen-bond donors (Lipinski definition) is 1. The van der Waals surface area contributed by atoms with Crippen molar-refractivity contribution in [3.63, 3.8) is 0 Å². The zero-order valence-electron chi connectivity index (χ0n) is 5.34. The molecule has 0 aliphatic carbocycles.